The standard InChI is InChI=1S/C14H8BrF5/c15-13(11-6-5-10(16)7-12(11)17)8-1-3-9(4-2-8)14(18,19)20/h1-7,13H. The summed E-state index contributed by atoms with van der Waals surface area (Å²) in [5, 5.41) is 0. The molecule has 1 atom stereocenters. The number of hydrogen-bond acceptors (Lipinski definition) is 0. The van der Waals surface area contributed by atoms with E-state index in [2.05, 4.69) is 15.9 Å². The van der Waals surface area contributed by atoms with Crippen molar-refractivity contribution in [1.29, 1.82) is 0 Å². The Kier molecular flexibility index (Phi) is 4.13. The number of benzene rings is 2. The number of halogens is 6. The summed E-state index contributed by atoms with van der Waals surface area (Å²) in [6.45, 7) is 0. The summed E-state index contributed by atoms with van der Waals surface area (Å²) < 4.78 is 63.7. The van der Waals surface area contributed by atoms with Crippen molar-refractivity contribution in [3.05, 3.63) is 70.8 Å². The Morgan fingerprint density at radius 1 is 0.900 bits per heavy atom. The molecule has 0 radical (unpaired) electrons. The highest BCUT2D eigenvalue weighted by Gasteiger charge is 2.30. The molecular weight excluding hydrogens is 343 g/mol. The van der Waals surface area contributed by atoms with Crippen LogP contribution in [0.1, 0.15) is 21.5 Å². The Bertz CT molecular complexity index is 604. The lowest BCUT2D eigenvalue weighted by atomic mass is 10.0. The van der Waals surface area contributed by atoms with Gasteiger partial charge in [-0.15, -0.1) is 0 Å². The SMILES string of the molecule is Fc1ccc(C(Br)c2ccc(C(F)(F)F)cc2)c(F)c1. The molecule has 0 aromatic heterocycles. The first-order chi connectivity index (χ1) is 9.29. The van der Waals surface area contributed by atoms with Gasteiger partial charge in [0.1, 0.15) is 11.6 Å². The van der Waals surface area contributed by atoms with E-state index in [1.165, 1.54) is 18.2 Å². The molecule has 2 rings (SSSR count). The van der Waals surface area contributed by atoms with Crippen LogP contribution in [0.5, 0.6) is 0 Å². The van der Waals surface area contributed by atoms with Gasteiger partial charge in [-0.2, -0.15) is 13.2 Å². The van der Waals surface area contributed by atoms with Crippen molar-refractivity contribution in [3.63, 3.8) is 0 Å². The summed E-state index contributed by atoms with van der Waals surface area (Å²) >= 11 is 3.20. The van der Waals surface area contributed by atoms with Gasteiger partial charge in [0, 0.05) is 11.6 Å². The predicted octanol–water partition coefficient (Wildman–Crippen LogP) is 5.47. The van der Waals surface area contributed by atoms with Crippen molar-refractivity contribution >= 4 is 15.9 Å². The lowest BCUT2D eigenvalue weighted by Crippen LogP contribution is -2.05. The third kappa shape index (κ3) is 3.17. The Morgan fingerprint density at radius 2 is 1.50 bits per heavy atom. The van der Waals surface area contributed by atoms with Crippen molar-refractivity contribution < 1.29 is 22.0 Å². The van der Waals surface area contributed by atoms with Gasteiger partial charge in [-0.25, -0.2) is 8.78 Å². The van der Waals surface area contributed by atoms with E-state index in [1.54, 1.807) is 0 Å². The normalized spacial score (nSPS) is 13.3. The van der Waals surface area contributed by atoms with Crippen LogP contribution in [0.4, 0.5) is 22.0 Å². The molecule has 2 aromatic rings. The third-order valence-corrected chi connectivity index (χ3v) is 3.79. The molecule has 6 heteroatoms. The van der Waals surface area contributed by atoms with Gasteiger partial charge in [-0.3, -0.25) is 0 Å². The van der Waals surface area contributed by atoms with Crippen LogP contribution in [0.2, 0.25) is 0 Å². The smallest absolute Gasteiger partial charge is 0.207 e. The van der Waals surface area contributed by atoms with E-state index in [0.717, 1.165) is 24.3 Å². The molecule has 0 N–H and O–H groups in total. The minimum Gasteiger partial charge on any atom is -0.207 e. The van der Waals surface area contributed by atoms with Crippen molar-refractivity contribution in [2.24, 2.45) is 0 Å². The van der Waals surface area contributed by atoms with E-state index in [-0.39, 0.29) is 5.56 Å². The molecule has 0 aliphatic rings. The molecule has 0 heterocycles. The lowest BCUT2D eigenvalue weighted by molar-refractivity contribution is -0.137. The van der Waals surface area contributed by atoms with Crippen LogP contribution in [0, 0.1) is 11.6 Å². The molecular formula is C14H8BrF5. The summed E-state index contributed by atoms with van der Waals surface area (Å²) in [6, 6.07) is 7.43. The van der Waals surface area contributed by atoms with Crippen LogP contribution in [0.3, 0.4) is 0 Å². The first kappa shape index (κ1) is 15.0. The monoisotopic (exact) mass is 350 g/mol. The van der Waals surface area contributed by atoms with Crippen LogP contribution in [0.25, 0.3) is 0 Å². The molecule has 0 spiro atoms. The Morgan fingerprint density at radius 3 is 2.00 bits per heavy atom. The first-order valence-corrected chi connectivity index (χ1v) is 6.47. The summed E-state index contributed by atoms with van der Waals surface area (Å²) in [6.07, 6.45) is -4.42. The molecule has 2 aromatic carbocycles. The zero-order chi connectivity index (χ0) is 14.9. The molecule has 20 heavy (non-hydrogen) atoms. The quantitative estimate of drug-likeness (QED) is 0.497. The van der Waals surface area contributed by atoms with Crippen LogP contribution < -0.4 is 0 Å². The van der Waals surface area contributed by atoms with E-state index in [0.29, 0.717) is 5.56 Å². The summed E-state index contributed by atoms with van der Waals surface area (Å²) in [5.74, 6) is -1.47. The van der Waals surface area contributed by atoms with Gasteiger partial charge < -0.3 is 0 Å². The highest BCUT2D eigenvalue weighted by molar-refractivity contribution is 9.09. The largest absolute Gasteiger partial charge is 0.416 e. The fourth-order valence-corrected chi connectivity index (χ4v) is 2.40. The fraction of sp³-hybridized carbons (Fsp3) is 0.143. The van der Waals surface area contributed by atoms with Gasteiger partial charge in [0.25, 0.3) is 0 Å². The van der Waals surface area contributed by atoms with Crippen molar-refractivity contribution in [1.82, 2.24) is 0 Å². The van der Waals surface area contributed by atoms with Crippen molar-refractivity contribution in [2.45, 2.75) is 11.0 Å². The number of hydrogen-bond donors (Lipinski definition) is 0. The highest BCUT2D eigenvalue weighted by Crippen LogP contribution is 2.35. The third-order valence-electron chi connectivity index (χ3n) is 2.77. The molecule has 0 nitrogen and oxygen atoms in total. The average molecular weight is 351 g/mol. The summed E-state index contributed by atoms with van der Waals surface area (Å²) in [7, 11) is 0. The van der Waals surface area contributed by atoms with Crippen LogP contribution >= 0.6 is 15.9 Å². The Hall–Kier alpha value is -1.43. The molecule has 106 valence electrons. The van der Waals surface area contributed by atoms with Gasteiger partial charge in [0.2, 0.25) is 0 Å². The van der Waals surface area contributed by atoms with E-state index >= 15 is 0 Å². The Balaban J connectivity index is 2.31. The van der Waals surface area contributed by atoms with E-state index in [1.807, 2.05) is 0 Å². The van der Waals surface area contributed by atoms with Gasteiger partial charge in [0.15, 0.2) is 0 Å². The molecule has 0 fully saturated rings. The lowest BCUT2D eigenvalue weighted by Gasteiger charge is -2.13. The predicted molar refractivity (Wildman–Crippen MR) is 68.6 cm³/mol. The second-order valence-corrected chi connectivity index (χ2v) is 5.06. The number of alkyl halides is 4. The topological polar surface area (TPSA) is 0 Å². The van der Waals surface area contributed by atoms with Gasteiger partial charge in [-0.05, 0) is 23.8 Å². The molecule has 1 unspecified atom stereocenters. The average Bonchev–Trinajstić information content (AvgIpc) is 2.37. The minimum absolute atomic E-state index is 0.158. The Labute approximate surface area is 120 Å². The molecule has 0 bridgehead atoms. The van der Waals surface area contributed by atoms with Crippen LogP contribution in [-0.4, -0.2) is 0 Å². The molecule has 0 amide bonds. The second kappa shape index (κ2) is 5.52. The first-order valence-electron chi connectivity index (χ1n) is 5.55. The van der Waals surface area contributed by atoms with Crippen LogP contribution in [0.15, 0.2) is 42.5 Å². The second-order valence-electron chi connectivity index (χ2n) is 4.15. The zero-order valence-electron chi connectivity index (χ0n) is 9.89. The maximum absolute atomic E-state index is 13.6. The molecule has 0 saturated carbocycles. The highest BCUT2D eigenvalue weighted by atomic mass is 79.9. The maximum Gasteiger partial charge on any atom is 0.416 e. The maximum atomic E-state index is 13.6. The van der Waals surface area contributed by atoms with Crippen molar-refractivity contribution in [2.75, 3.05) is 0 Å². The minimum atomic E-state index is -4.42. The number of rotatable bonds is 2. The molecule has 0 aliphatic heterocycles. The van der Waals surface area contributed by atoms with Gasteiger partial charge in [-0.1, -0.05) is 34.1 Å². The van der Waals surface area contributed by atoms with E-state index in [9.17, 15) is 22.0 Å². The van der Waals surface area contributed by atoms with E-state index < -0.39 is 28.2 Å². The fourth-order valence-electron chi connectivity index (χ4n) is 1.73. The summed E-state index contributed by atoms with van der Waals surface area (Å²) in [5.41, 5.74) is -0.171. The van der Waals surface area contributed by atoms with E-state index in [4.69, 9.17) is 0 Å². The zero-order valence-corrected chi connectivity index (χ0v) is 11.5. The van der Waals surface area contributed by atoms with Crippen LogP contribution in [-0.2, 0) is 6.18 Å². The van der Waals surface area contributed by atoms with Gasteiger partial charge >= 0.3 is 6.18 Å². The van der Waals surface area contributed by atoms with Crippen molar-refractivity contribution in [3.8, 4) is 0 Å². The summed E-state index contributed by atoms with van der Waals surface area (Å²) in [4.78, 5) is -0.648. The molecule has 0 saturated heterocycles. The molecule has 0 aliphatic carbocycles. The van der Waals surface area contributed by atoms with Gasteiger partial charge in [0.05, 0.1) is 10.4 Å².